The minimum Gasteiger partial charge on any atom is -0.479 e. The van der Waals surface area contributed by atoms with Gasteiger partial charge in [-0.25, -0.2) is 4.79 Å². The van der Waals surface area contributed by atoms with Gasteiger partial charge in [-0.05, 0) is 19.9 Å². The lowest BCUT2D eigenvalue weighted by Crippen LogP contribution is -2.53. The van der Waals surface area contributed by atoms with E-state index in [-0.39, 0.29) is 6.54 Å². The third kappa shape index (κ3) is 3.73. The fourth-order valence-corrected chi connectivity index (χ4v) is 1.99. The van der Waals surface area contributed by atoms with Crippen LogP contribution < -0.4 is 0 Å². The van der Waals surface area contributed by atoms with Gasteiger partial charge in [-0.2, -0.15) is 0 Å². The monoisotopic (exact) mass is 230 g/mol. The van der Waals surface area contributed by atoms with Gasteiger partial charge in [0, 0.05) is 32.7 Å². The Morgan fingerprint density at radius 2 is 1.75 bits per heavy atom. The molecule has 5 nitrogen and oxygen atoms in total. The number of carboxylic acid groups (broad SMARTS) is 1. The van der Waals surface area contributed by atoms with Gasteiger partial charge in [0.15, 0.2) is 5.60 Å². The molecule has 0 aromatic heterocycles. The second-order valence-corrected chi connectivity index (χ2v) is 4.70. The molecule has 0 aliphatic carbocycles. The molecule has 16 heavy (non-hydrogen) atoms. The first-order chi connectivity index (χ1) is 7.45. The molecular formula is C11H22N2O3. The fourth-order valence-electron chi connectivity index (χ4n) is 1.99. The van der Waals surface area contributed by atoms with Gasteiger partial charge in [0.25, 0.3) is 0 Å². The molecule has 1 aliphatic heterocycles. The van der Waals surface area contributed by atoms with Crippen molar-refractivity contribution < 1.29 is 15.0 Å². The van der Waals surface area contributed by atoms with Crippen LogP contribution in [0.5, 0.6) is 0 Å². The average Bonchev–Trinajstić information content (AvgIpc) is 2.21. The number of carbonyl (C=O) groups is 1. The summed E-state index contributed by atoms with van der Waals surface area (Å²) in [7, 11) is 0. The maximum atomic E-state index is 10.8. The second-order valence-electron chi connectivity index (χ2n) is 4.70. The van der Waals surface area contributed by atoms with E-state index in [0.717, 1.165) is 39.1 Å². The highest BCUT2D eigenvalue weighted by molar-refractivity contribution is 5.76. The number of nitrogens with zero attached hydrogens (tertiary/aromatic N) is 2. The smallest absolute Gasteiger partial charge is 0.336 e. The van der Waals surface area contributed by atoms with Crippen LogP contribution in [-0.4, -0.2) is 70.9 Å². The minimum atomic E-state index is -1.63. The van der Waals surface area contributed by atoms with E-state index in [2.05, 4.69) is 11.8 Å². The quantitative estimate of drug-likeness (QED) is 0.687. The van der Waals surface area contributed by atoms with Crippen LogP contribution in [0.25, 0.3) is 0 Å². The maximum Gasteiger partial charge on any atom is 0.336 e. The second kappa shape index (κ2) is 5.61. The Bertz CT molecular complexity index is 235. The van der Waals surface area contributed by atoms with Crippen LogP contribution in [0.4, 0.5) is 0 Å². The summed E-state index contributed by atoms with van der Waals surface area (Å²) in [4.78, 5) is 15.2. The average molecular weight is 230 g/mol. The molecule has 1 saturated heterocycles. The van der Waals surface area contributed by atoms with E-state index in [0.29, 0.717) is 0 Å². The summed E-state index contributed by atoms with van der Waals surface area (Å²) in [5, 5.41) is 18.5. The van der Waals surface area contributed by atoms with Gasteiger partial charge >= 0.3 is 5.97 Å². The predicted molar refractivity (Wildman–Crippen MR) is 61.4 cm³/mol. The zero-order chi connectivity index (χ0) is 12.2. The van der Waals surface area contributed by atoms with Gasteiger partial charge in [0.2, 0.25) is 0 Å². The first kappa shape index (κ1) is 13.4. The lowest BCUT2D eigenvalue weighted by molar-refractivity contribution is -0.158. The normalized spacial score (nSPS) is 22.9. The molecule has 0 saturated carbocycles. The largest absolute Gasteiger partial charge is 0.479 e. The van der Waals surface area contributed by atoms with Gasteiger partial charge in [0.05, 0.1) is 0 Å². The highest BCUT2D eigenvalue weighted by Crippen LogP contribution is 2.10. The van der Waals surface area contributed by atoms with E-state index >= 15 is 0 Å². The van der Waals surface area contributed by atoms with E-state index in [1.807, 2.05) is 4.90 Å². The summed E-state index contributed by atoms with van der Waals surface area (Å²) in [5.74, 6) is -1.15. The first-order valence-corrected chi connectivity index (χ1v) is 5.86. The lowest BCUT2D eigenvalue weighted by atomic mass is 10.1. The highest BCUT2D eigenvalue weighted by atomic mass is 16.4. The van der Waals surface area contributed by atoms with Crippen LogP contribution >= 0.6 is 0 Å². The van der Waals surface area contributed by atoms with Gasteiger partial charge in [-0.1, -0.05) is 6.92 Å². The Labute approximate surface area is 96.7 Å². The number of carboxylic acids is 1. The molecular weight excluding hydrogens is 208 g/mol. The third-order valence-electron chi connectivity index (χ3n) is 3.00. The molecule has 1 aliphatic rings. The number of piperazine rings is 1. The molecule has 2 N–H and O–H groups in total. The van der Waals surface area contributed by atoms with Crippen molar-refractivity contribution in [2.75, 3.05) is 39.3 Å². The fraction of sp³-hybridized carbons (Fsp3) is 0.909. The molecule has 5 heteroatoms. The molecule has 1 fully saturated rings. The molecule has 0 spiro atoms. The van der Waals surface area contributed by atoms with Crippen molar-refractivity contribution in [2.45, 2.75) is 25.9 Å². The van der Waals surface area contributed by atoms with Crippen molar-refractivity contribution in [1.82, 2.24) is 9.80 Å². The van der Waals surface area contributed by atoms with Crippen molar-refractivity contribution in [3.63, 3.8) is 0 Å². The van der Waals surface area contributed by atoms with Crippen LogP contribution in [-0.2, 0) is 4.79 Å². The number of aliphatic hydroxyl groups is 1. The van der Waals surface area contributed by atoms with E-state index in [9.17, 15) is 9.90 Å². The summed E-state index contributed by atoms with van der Waals surface area (Å²) >= 11 is 0. The summed E-state index contributed by atoms with van der Waals surface area (Å²) in [6.45, 7) is 8.42. The van der Waals surface area contributed by atoms with Crippen LogP contribution in [0.3, 0.4) is 0 Å². The number of aliphatic carboxylic acids is 1. The standard InChI is InChI=1S/C11H22N2O3/c1-3-4-12-5-7-13(8-6-12)9-11(2,16)10(14)15/h16H,3-9H2,1-2H3,(H,14,15). The highest BCUT2D eigenvalue weighted by Gasteiger charge is 2.33. The van der Waals surface area contributed by atoms with Gasteiger partial charge < -0.3 is 15.1 Å². The van der Waals surface area contributed by atoms with Crippen molar-refractivity contribution in [2.24, 2.45) is 0 Å². The Hall–Kier alpha value is -0.650. The number of hydrogen-bond acceptors (Lipinski definition) is 4. The van der Waals surface area contributed by atoms with Crippen LogP contribution in [0.2, 0.25) is 0 Å². The number of hydrogen-bond donors (Lipinski definition) is 2. The molecule has 1 unspecified atom stereocenters. The zero-order valence-corrected chi connectivity index (χ0v) is 10.1. The Morgan fingerprint density at radius 3 is 2.19 bits per heavy atom. The van der Waals surface area contributed by atoms with Gasteiger partial charge in [0.1, 0.15) is 0 Å². The van der Waals surface area contributed by atoms with Crippen molar-refractivity contribution >= 4 is 5.97 Å². The summed E-state index contributed by atoms with van der Waals surface area (Å²) in [6.07, 6.45) is 1.15. The molecule has 0 bridgehead atoms. The topological polar surface area (TPSA) is 64.0 Å². The third-order valence-corrected chi connectivity index (χ3v) is 3.00. The van der Waals surface area contributed by atoms with Gasteiger partial charge in [-0.15, -0.1) is 0 Å². The van der Waals surface area contributed by atoms with Crippen LogP contribution in [0, 0.1) is 0 Å². The van der Waals surface area contributed by atoms with Crippen molar-refractivity contribution in [3.8, 4) is 0 Å². The summed E-state index contributed by atoms with van der Waals surface area (Å²) < 4.78 is 0. The van der Waals surface area contributed by atoms with Gasteiger partial charge in [-0.3, -0.25) is 4.90 Å². The molecule has 0 aromatic rings. The molecule has 1 rings (SSSR count). The predicted octanol–water partition coefficient (Wildman–Crippen LogP) is -0.150. The SMILES string of the molecule is CCCN1CCN(CC(C)(O)C(=O)O)CC1. The Kier molecular flexibility index (Phi) is 4.70. The van der Waals surface area contributed by atoms with Crippen molar-refractivity contribution in [1.29, 1.82) is 0 Å². The van der Waals surface area contributed by atoms with E-state index < -0.39 is 11.6 Å². The molecule has 94 valence electrons. The summed E-state index contributed by atoms with van der Waals surface area (Å²) in [5.41, 5.74) is -1.63. The van der Waals surface area contributed by atoms with E-state index in [4.69, 9.17) is 5.11 Å². The summed E-state index contributed by atoms with van der Waals surface area (Å²) in [6, 6.07) is 0. The lowest BCUT2D eigenvalue weighted by Gasteiger charge is -2.36. The molecule has 1 atom stereocenters. The van der Waals surface area contributed by atoms with Crippen LogP contribution in [0.15, 0.2) is 0 Å². The van der Waals surface area contributed by atoms with Crippen molar-refractivity contribution in [3.05, 3.63) is 0 Å². The number of rotatable bonds is 5. The van der Waals surface area contributed by atoms with E-state index in [1.165, 1.54) is 6.92 Å². The molecule has 0 aromatic carbocycles. The molecule has 0 amide bonds. The molecule has 0 radical (unpaired) electrons. The Balaban J connectivity index is 2.34. The van der Waals surface area contributed by atoms with E-state index in [1.54, 1.807) is 0 Å². The number of β-amino-alcohol motifs (C(OH)–C–C–N with tert-alkyl or cyclic N) is 1. The first-order valence-electron chi connectivity index (χ1n) is 5.86. The molecule has 1 heterocycles. The maximum absolute atomic E-state index is 10.8. The minimum absolute atomic E-state index is 0.211. The van der Waals surface area contributed by atoms with Crippen LogP contribution in [0.1, 0.15) is 20.3 Å². The Morgan fingerprint density at radius 1 is 1.25 bits per heavy atom. The zero-order valence-electron chi connectivity index (χ0n) is 10.1.